The van der Waals surface area contributed by atoms with Gasteiger partial charge in [0.05, 0.1) is 11.0 Å². The quantitative estimate of drug-likeness (QED) is 0.183. The smallest absolute Gasteiger partial charge is 0.131 e. The maximum atomic E-state index is 5.22. The number of nitrogens with zero attached hydrogens (tertiary/aromatic N) is 2. The van der Waals surface area contributed by atoms with Crippen LogP contribution < -0.4 is 10.6 Å². The fraction of sp³-hybridized carbons (Fsp3) is 0.0392. The molecule has 8 aromatic carbocycles. The summed E-state index contributed by atoms with van der Waals surface area (Å²) in [7, 11) is 0. The average molecular weight is 767 g/mol. The molecule has 2 atom stereocenters. The highest BCUT2D eigenvalue weighted by molar-refractivity contribution is 7.26. The van der Waals surface area contributed by atoms with Gasteiger partial charge in [-0.3, -0.25) is 5.32 Å². The van der Waals surface area contributed by atoms with Crippen LogP contribution in [0.15, 0.2) is 187 Å². The molecule has 0 aliphatic carbocycles. The summed E-state index contributed by atoms with van der Waals surface area (Å²) >= 11 is 3.75. The van der Waals surface area contributed by atoms with Gasteiger partial charge >= 0.3 is 0 Å². The number of aliphatic imine (C=N–C) groups is 1. The van der Waals surface area contributed by atoms with Crippen molar-refractivity contribution in [2.24, 2.45) is 4.99 Å². The molecule has 0 saturated heterocycles. The molecule has 57 heavy (non-hydrogen) atoms. The number of thiophene rings is 2. The first-order valence-electron chi connectivity index (χ1n) is 19.3. The van der Waals surface area contributed by atoms with Gasteiger partial charge in [-0.05, 0) is 58.7 Å². The summed E-state index contributed by atoms with van der Waals surface area (Å²) in [5, 5.41) is 15.2. The molecule has 0 fully saturated rings. The van der Waals surface area contributed by atoms with Crippen molar-refractivity contribution >= 4 is 90.7 Å². The highest BCUT2D eigenvalue weighted by Crippen LogP contribution is 2.43. The van der Waals surface area contributed by atoms with Crippen LogP contribution in [0.5, 0.6) is 0 Å². The molecule has 0 bridgehead atoms. The highest BCUT2D eigenvalue weighted by atomic mass is 32.1. The molecule has 270 valence electrons. The molecule has 3 aromatic heterocycles. The molecule has 12 rings (SSSR count). The minimum atomic E-state index is -0.165. The molecule has 1 aliphatic heterocycles. The minimum Gasteiger partial charge on any atom is -0.350 e. The van der Waals surface area contributed by atoms with Crippen LogP contribution in [0.4, 0.5) is 0 Å². The summed E-state index contributed by atoms with van der Waals surface area (Å²) in [4.78, 5) is 5.22. The van der Waals surface area contributed by atoms with Gasteiger partial charge in [0.15, 0.2) is 0 Å². The molecule has 11 aromatic rings. The SMILES string of the molecule is c1ccc(C2N=C(c3ccc4c(c3)sc3c(-c5ccc6c(c5)sc5cc(-n7c8ccccc8c8ccccc87)ccc56)cccc34)NC(c3ccccc3)N2)cc1. The van der Waals surface area contributed by atoms with Gasteiger partial charge in [-0.15, -0.1) is 22.7 Å². The van der Waals surface area contributed by atoms with Crippen molar-refractivity contribution in [1.82, 2.24) is 15.2 Å². The summed E-state index contributed by atoms with van der Waals surface area (Å²) in [5.74, 6) is 0.896. The molecule has 2 unspecified atom stereocenters. The first kappa shape index (κ1) is 32.7. The van der Waals surface area contributed by atoms with Crippen molar-refractivity contribution in [3.63, 3.8) is 0 Å². The van der Waals surface area contributed by atoms with Crippen LogP contribution in [0, 0.1) is 0 Å². The van der Waals surface area contributed by atoms with Gasteiger partial charge < -0.3 is 9.88 Å². The topological polar surface area (TPSA) is 41.4 Å². The number of amidine groups is 1. The number of hydrogen-bond acceptors (Lipinski definition) is 5. The first-order valence-corrected chi connectivity index (χ1v) is 21.0. The molecule has 1 aliphatic rings. The number of aromatic nitrogens is 1. The third-order valence-corrected chi connectivity index (χ3v) is 13.8. The second-order valence-corrected chi connectivity index (χ2v) is 16.9. The Morgan fingerprint density at radius 3 is 1.79 bits per heavy atom. The fourth-order valence-corrected chi connectivity index (χ4v) is 11.2. The second-order valence-electron chi connectivity index (χ2n) is 14.8. The lowest BCUT2D eigenvalue weighted by Gasteiger charge is -2.32. The molecule has 0 amide bonds. The Kier molecular flexibility index (Phi) is 7.45. The Bertz CT molecular complexity index is 3320. The fourth-order valence-electron chi connectivity index (χ4n) is 8.77. The van der Waals surface area contributed by atoms with Crippen molar-refractivity contribution in [2.45, 2.75) is 12.3 Å². The van der Waals surface area contributed by atoms with Crippen LogP contribution in [0.1, 0.15) is 29.0 Å². The third kappa shape index (κ3) is 5.33. The number of nitrogens with one attached hydrogen (secondary N) is 2. The molecular formula is C51H34N4S2. The Morgan fingerprint density at radius 2 is 1.04 bits per heavy atom. The van der Waals surface area contributed by atoms with E-state index in [1.807, 2.05) is 22.7 Å². The zero-order chi connectivity index (χ0) is 37.5. The number of rotatable bonds is 5. The van der Waals surface area contributed by atoms with Crippen molar-refractivity contribution in [3.8, 4) is 16.8 Å². The summed E-state index contributed by atoms with van der Waals surface area (Å²) < 4.78 is 7.57. The van der Waals surface area contributed by atoms with Gasteiger partial charge in [-0.1, -0.05) is 146 Å². The van der Waals surface area contributed by atoms with Crippen LogP contribution in [0.25, 0.3) is 79.0 Å². The monoisotopic (exact) mass is 766 g/mol. The third-order valence-electron chi connectivity index (χ3n) is 11.5. The van der Waals surface area contributed by atoms with E-state index < -0.39 is 0 Å². The van der Waals surface area contributed by atoms with E-state index in [9.17, 15) is 0 Å². The molecular weight excluding hydrogens is 733 g/mol. The molecule has 2 N–H and O–H groups in total. The Hall–Kier alpha value is -6.57. The first-order chi connectivity index (χ1) is 28.2. The van der Waals surface area contributed by atoms with Crippen LogP contribution in [-0.4, -0.2) is 10.4 Å². The summed E-state index contributed by atoms with van der Waals surface area (Å²) in [5.41, 5.74) is 9.59. The largest absolute Gasteiger partial charge is 0.350 e. The minimum absolute atomic E-state index is 0.0716. The van der Waals surface area contributed by atoms with Gasteiger partial charge in [0.1, 0.15) is 18.2 Å². The van der Waals surface area contributed by atoms with Crippen LogP contribution >= 0.6 is 22.7 Å². The zero-order valence-corrected chi connectivity index (χ0v) is 32.3. The molecule has 0 saturated carbocycles. The maximum Gasteiger partial charge on any atom is 0.131 e. The Labute approximate surface area is 337 Å². The maximum absolute atomic E-state index is 5.22. The number of para-hydroxylation sites is 2. The van der Waals surface area contributed by atoms with E-state index >= 15 is 0 Å². The van der Waals surface area contributed by atoms with E-state index in [-0.39, 0.29) is 12.3 Å². The Morgan fingerprint density at radius 1 is 0.456 bits per heavy atom. The van der Waals surface area contributed by atoms with Crippen LogP contribution in [-0.2, 0) is 0 Å². The lowest BCUT2D eigenvalue weighted by atomic mass is 10.0. The predicted octanol–water partition coefficient (Wildman–Crippen LogP) is 13.5. The number of fused-ring (bicyclic) bond motifs is 9. The van der Waals surface area contributed by atoms with Gasteiger partial charge in [0.25, 0.3) is 0 Å². The lowest BCUT2D eigenvalue weighted by Crippen LogP contribution is -2.44. The van der Waals surface area contributed by atoms with E-state index in [0.717, 1.165) is 17.0 Å². The normalized spacial score (nSPS) is 15.9. The molecule has 0 radical (unpaired) electrons. The summed E-state index contributed by atoms with van der Waals surface area (Å²) in [6.07, 6.45) is -0.237. The molecule has 4 heterocycles. The van der Waals surface area contributed by atoms with Crippen molar-refractivity contribution < 1.29 is 0 Å². The van der Waals surface area contributed by atoms with Gasteiger partial charge in [0.2, 0.25) is 0 Å². The van der Waals surface area contributed by atoms with E-state index in [2.05, 4.69) is 197 Å². The van der Waals surface area contributed by atoms with Gasteiger partial charge in [-0.2, -0.15) is 0 Å². The second kappa shape index (κ2) is 13.0. The van der Waals surface area contributed by atoms with E-state index in [0.29, 0.717) is 0 Å². The van der Waals surface area contributed by atoms with E-state index in [1.54, 1.807) is 0 Å². The zero-order valence-electron chi connectivity index (χ0n) is 30.7. The van der Waals surface area contributed by atoms with Crippen molar-refractivity contribution in [1.29, 1.82) is 0 Å². The molecule has 6 heteroatoms. The average Bonchev–Trinajstić information content (AvgIpc) is 3.95. The Balaban J connectivity index is 0.931. The number of hydrogen-bond donors (Lipinski definition) is 2. The van der Waals surface area contributed by atoms with Crippen LogP contribution in [0.3, 0.4) is 0 Å². The standard InChI is InChI=1S/C51H34N4S2/c1-3-12-31(13-4-1)49-52-50(32-14-5-2-6-15-32)54-51(53-49)34-23-26-41-42-19-11-18-36(48(42)57-46(41)29-34)33-22-25-39-40-27-24-35(30-47(40)56-45(39)28-33)55-43-20-9-7-16-37(43)38-17-8-10-21-44(38)55/h1-30,49-50,52H,(H,53,54). The van der Waals surface area contributed by atoms with Crippen molar-refractivity contribution in [2.75, 3.05) is 0 Å². The molecule has 0 spiro atoms. The van der Waals surface area contributed by atoms with E-state index in [4.69, 9.17) is 4.99 Å². The van der Waals surface area contributed by atoms with Crippen molar-refractivity contribution in [3.05, 3.63) is 199 Å². The summed E-state index contributed by atoms with van der Waals surface area (Å²) in [6.45, 7) is 0. The van der Waals surface area contributed by atoms with E-state index in [1.165, 1.54) is 84.5 Å². The van der Waals surface area contributed by atoms with Gasteiger partial charge in [-0.25, -0.2) is 4.99 Å². The highest BCUT2D eigenvalue weighted by Gasteiger charge is 2.26. The predicted molar refractivity (Wildman–Crippen MR) is 243 cm³/mol. The summed E-state index contributed by atoms with van der Waals surface area (Å²) in [6, 6.07) is 66.0. The van der Waals surface area contributed by atoms with Crippen LogP contribution in [0.2, 0.25) is 0 Å². The lowest BCUT2D eigenvalue weighted by molar-refractivity contribution is 0.409. The number of benzene rings is 8. The van der Waals surface area contributed by atoms with Gasteiger partial charge in [0, 0.05) is 62.4 Å². The molecule has 4 nitrogen and oxygen atoms in total.